The topological polar surface area (TPSA) is 61.4 Å². The van der Waals surface area contributed by atoms with Crippen LogP contribution in [0.2, 0.25) is 0 Å². The van der Waals surface area contributed by atoms with Gasteiger partial charge in [0.15, 0.2) is 0 Å². The molecule has 1 aliphatic rings. The number of nitrogens with zero attached hydrogens (tertiary/aromatic N) is 1. The molecule has 0 aliphatic carbocycles. The van der Waals surface area contributed by atoms with Crippen LogP contribution in [-0.4, -0.2) is 36.3 Å². The molecule has 5 heteroatoms. The second kappa shape index (κ2) is 9.23. The SMILES string of the molecule is Cc1cc(C)cc(NC(=O)CN2CCC(C(=O)Nc3cc(C)ccc3C)CC2)c1. The van der Waals surface area contributed by atoms with Gasteiger partial charge in [-0.15, -0.1) is 0 Å². The highest BCUT2D eigenvalue weighted by Crippen LogP contribution is 2.22. The molecule has 0 radical (unpaired) electrons. The van der Waals surface area contributed by atoms with Crippen molar-refractivity contribution in [2.45, 2.75) is 40.5 Å². The molecule has 1 heterocycles. The maximum absolute atomic E-state index is 12.7. The first kappa shape index (κ1) is 21.1. The van der Waals surface area contributed by atoms with Gasteiger partial charge in [0, 0.05) is 17.3 Å². The highest BCUT2D eigenvalue weighted by Gasteiger charge is 2.26. The van der Waals surface area contributed by atoms with Crippen LogP contribution < -0.4 is 10.6 Å². The summed E-state index contributed by atoms with van der Waals surface area (Å²) in [5, 5.41) is 6.07. The largest absolute Gasteiger partial charge is 0.326 e. The van der Waals surface area contributed by atoms with Crippen LogP contribution in [-0.2, 0) is 9.59 Å². The lowest BCUT2D eigenvalue weighted by molar-refractivity contribution is -0.121. The van der Waals surface area contributed by atoms with Crippen LogP contribution in [0.15, 0.2) is 36.4 Å². The maximum Gasteiger partial charge on any atom is 0.238 e. The molecule has 0 saturated carbocycles. The number of amides is 2. The van der Waals surface area contributed by atoms with Crippen molar-refractivity contribution < 1.29 is 9.59 Å². The molecular weight excluding hydrogens is 362 g/mol. The number of nitrogens with one attached hydrogen (secondary N) is 2. The molecule has 3 rings (SSSR count). The first-order valence-electron chi connectivity index (χ1n) is 10.3. The van der Waals surface area contributed by atoms with Gasteiger partial charge in [-0.1, -0.05) is 18.2 Å². The summed E-state index contributed by atoms with van der Waals surface area (Å²) in [7, 11) is 0. The van der Waals surface area contributed by atoms with Gasteiger partial charge in [0.1, 0.15) is 0 Å². The fourth-order valence-corrected chi connectivity index (χ4v) is 3.91. The zero-order valence-electron chi connectivity index (χ0n) is 17.8. The average Bonchev–Trinajstić information content (AvgIpc) is 2.64. The zero-order chi connectivity index (χ0) is 21.0. The molecule has 0 bridgehead atoms. The van der Waals surface area contributed by atoms with E-state index in [-0.39, 0.29) is 17.7 Å². The number of anilines is 2. The molecule has 0 aromatic heterocycles. The van der Waals surface area contributed by atoms with Gasteiger partial charge in [-0.25, -0.2) is 0 Å². The molecular formula is C24H31N3O2. The second-order valence-corrected chi connectivity index (χ2v) is 8.28. The Morgan fingerprint density at radius 3 is 2.21 bits per heavy atom. The number of piperidine rings is 1. The van der Waals surface area contributed by atoms with E-state index in [4.69, 9.17) is 0 Å². The number of carbonyl (C=O) groups excluding carboxylic acids is 2. The Labute approximate surface area is 173 Å². The van der Waals surface area contributed by atoms with Crippen molar-refractivity contribution in [3.05, 3.63) is 58.7 Å². The van der Waals surface area contributed by atoms with Gasteiger partial charge >= 0.3 is 0 Å². The molecule has 154 valence electrons. The molecule has 0 spiro atoms. The summed E-state index contributed by atoms with van der Waals surface area (Å²) in [5.74, 6) is 0.0694. The van der Waals surface area contributed by atoms with Gasteiger partial charge in [0.2, 0.25) is 11.8 Å². The minimum absolute atomic E-state index is 0.00588. The monoisotopic (exact) mass is 393 g/mol. The highest BCUT2D eigenvalue weighted by atomic mass is 16.2. The lowest BCUT2D eigenvalue weighted by Gasteiger charge is -2.30. The minimum Gasteiger partial charge on any atom is -0.326 e. The number of aryl methyl sites for hydroxylation is 4. The summed E-state index contributed by atoms with van der Waals surface area (Å²) < 4.78 is 0. The van der Waals surface area contributed by atoms with Gasteiger partial charge in [0.05, 0.1) is 6.54 Å². The maximum atomic E-state index is 12.7. The smallest absolute Gasteiger partial charge is 0.238 e. The van der Waals surface area contributed by atoms with Crippen LogP contribution in [0.3, 0.4) is 0 Å². The van der Waals surface area contributed by atoms with E-state index >= 15 is 0 Å². The van der Waals surface area contributed by atoms with Gasteiger partial charge in [-0.2, -0.15) is 0 Å². The van der Waals surface area contributed by atoms with Crippen molar-refractivity contribution in [2.75, 3.05) is 30.3 Å². The van der Waals surface area contributed by atoms with Crippen LogP contribution in [0.1, 0.15) is 35.1 Å². The zero-order valence-corrected chi connectivity index (χ0v) is 17.8. The molecule has 0 atom stereocenters. The molecule has 2 N–H and O–H groups in total. The molecule has 1 aliphatic heterocycles. The van der Waals surface area contributed by atoms with Crippen molar-refractivity contribution in [3.63, 3.8) is 0 Å². The Kier molecular flexibility index (Phi) is 6.70. The van der Waals surface area contributed by atoms with Crippen molar-refractivity contribution >= 4 is 23.2 Å². The third-order valence-corrected chi connectivity index (χ3v) is 5.48. The third-order valence-electron chi connectivity index (χ3n) is 5.48. The van der Waals surface area contributed by atoms with Crippen molar-refractivity contribution in [3.8, 4) is 0 Å². The van der Waals surface area contributed by atoms with Crippen LogP contribution in [0.25, 0.3) is 0 Å². The van der Waals surface area contributed by atoms with Crippen LogP contribution in [0, 0.1) is 33.6 Å². The quantitative estimate of drug-likeness (QED) is 0.800. The summed E-state index contributed by atoms with van der Waals surface area (Å²) in [6, 6.07) is 12.1. The summed E-state index contributed by atoms with van der Waals surface area (Å²) >= 11 is 0. The van der Waals surface area contributed by atoms with E-state index in [1.807, 2.05) is 58.0 Å². The number of carbonyl (C=O) groups is 2. The second-order valence-electron chi connectivity index (χ2n) is 8.28. The third kappa shape index (κ3) is 5.91. The molecule has 2 amide bonds. The number of hydrogen-bond donors (Lipinski definition) is 2. The molecule has 1 fully saturated rings. The van der Waals surface area contributed by atoms with Crippen LogP contribution >= 0.6 is 0 Å². The van der Waals surface area contributed by atoms with E-state index in [0.717, 1.165) is 59.6 Å². The molecule has 0 unspecified atom stereocenters. The summed E-state index contributed by atoms with van der Waals surface area (Å²) in [5.41, 5.74) is 6.22. The fourth-order valence-electron chi connectivity index (χ4n) is 3.91. The highest BCUT2D eigenvalue weighted by molar-refractivity contribution is 5.94. The lowest BCUT2D eigenvalue weighted by atomic mass is 9.95. The summed E-state index contributed by atoms with van der Waals surface area (Å²) in [6.45, 7) is 9.95. The Morgan fingerprint density at radius 1 is 0.897 bits per heavy atom. The Bertz CT molecular complexity index is 879. The Morgan fingerprint density at radius 2 is 1.55 bits per heavy atom. The summed E-state index contributed by atoms with van der Waals surface area (Å²) in [4.78, 5) is 27.2. The van der Waals surface area contributed by atoms with E-state index in [2.05, 4.69) is 21.6 Å². The summed E-state index contributed by atoms with van der Waals surface area (Å²) in [6.07, 6.45) is 1.54. The van der Waals surface area contributed by atoms with E-state index in [0.29, 0.717) is 6.54 Å². The van der Waals surface area contributed by atoms with E-state index in [1.54, 1.807) is 0 Å². The first-order valence-corrected chi connectivity index (χ1v) is 10.3. The van der Waals surface area contributed by atoms with Gasteiger partial charge in [0.25, 0.3) is 0 Å². The first-order chi connectivity index (χ1) is 13.8. The fraction of sp³-hybridized carbons (Fsp3) is 0.417. The lowest BCUT2D eigenvalue weighted by Crippen LogP contribution is -2.41. The Balaban J connectivity index is 1.47. The predicted molar refractivity (Wildman–Crippen MR) is 118 cm³/mol. The number of likely N-dealkylation sites (tertiary alicyclic amines) is 1. The van der Waals surface area contributed by atoms with Gasteiger partial charge in [-0.3, -0.25) is 14.5 Å². The van der Waals surface area contributed by atoms with Crippen molar-refractivity contribution in [1.82, 2.24) is 4.90 Å². The van der Waals surface area contributed by atoms with E-state index in [1.165, 1.54) is 0 Å². The standard InChI is InChI=1S/C24H31N3O2/c1-16-5-6-19(4)22(14-16)26-24(29)20-7-9-27(10-8-20)15-23(28)25-21-12-17(2)11-18(3)13-21/h5-6,11-14,20H,7-10,15H2,1-4H3,(H,25,28)(H,26,29). The van der Waals surface area contributed by atoms with Crippen molar-refractivity contribution in [2.24, 2.45) is 5.92 Å². The van der Waals surface area contributed by atoms with Crippen LogP contribution in [0.4, 0.5) is 11.4 Å². The van der Waals surface area contributed by atoms with E-state index < -0.39 is 0 Å². The molecule has 1 saturated heterocycles. The Hall–Kier alpha value is -2.66. The minimum atomic E-state index is -0.00622. The van der Waals surface area contributed by atoms with Crippen LogP contribution in [0.5, 0.6) is 0 Å². The van der Waals surface area contributed by atoms with E-state index in [9.17, 15) is 9.59 Å². The number of benzene rings is 2. The normalized spacial score (nSPS) is 15.2. The van der Waals surface area contributed by atoms with Gasteiger partial charge < -0.3 is 10.6 Å². The molecule has 29 heavy (non-hydrogen) atoms. The predicted octanol–water partition coefficient (Wildman–Crippen LogP) is 4.21. The van der Waals surface area contributed by atoms with Crippen molar-refractivity contribution in [1.29, 1.82) is 0 Å². The van der Waals surface area contributed by atoms with Gasteiger partial charge in [-0.05, 0) is 94.1 Å². The molecule has 5 nitrogen and oxygen atoms in total. The number of rotatable bonds is 5. The number of hydrogen-bond acceptors (Lipinski definition) is 3. The molecule has 2 aromatic rings. The average molecular weight is 394 g/mol. The molecule has 2 aromatic carbocycles.